The van der Waals surface area contributed by atoms with Gasteiger partial charge in [0.2, 0.25) is 0 Å². The molecule has 0 aromatic rings. The Hall–Kier alpha value is -0.0800. The van der Waals surface area contributed by atoms with Gasteiger partial charge in [0, 0.05) is 6.04 Å². The van der Waals surface area contributed by atoms with Crippen molar-refractivity contribution in [3.05, 3.63) is 0 Å². The van der Waals surface area contributed by atoms with Gasteiger partial charge in [-0.05, 0) is 24.8 Å². The van der Waals surface area contributed by atoms with Gasteiger partial charge in [0.1, 0.15) is 0 Å². The molecule has 1 saturated carbocycles. The summed E-state index contributed by atoms with van der Waals surface area (Å²) in [4.78, 5) is 0. The Labute approximate surface area is 63.0 Å². The minimum Gasteiger partial charge on any atom is -0.330 e. The third-order valence-corrected chi connectivity index (χ3v) is 2.87. The van der Waals surface area contributed by atoms with Crippen molar-refractivity contribution < 1.29 is 0 Å². The van der Waals surface area contributed by atoms with E-state index in [9.17, 15) is 0 Å². The van der Waals surface area contributed by atoms with Gasteiger partial charge in [-0.2, -0.15) is 0 Å². The highest BCUT2D eigenvalue weighted by Gasteiger charge is 2.32. The number of hydrogen-bond acceptors (Lipinski definition) is 2. The molecule has 0 amide bonds. The largest absolute Gasteiger partial charge is 0.330 e. The van der Waals surface area contributed by atoms with E-state index < -0.39 is 0 Å². The third-order valence-electron chi connectivity index (χ3n) is 2.87. The Morgan fingerprint density at radius 2 is 2.20 bits per heavy atom. The predicted octanol–water partition coefficient (Wildman–Crippen LogP) is 0.853. The fraction of sp³-hybridized carbons (Fsp3) is 1.00. The van der Waals surface area contributed by atoms with E-state index in [1.807, 2.05) is 0 Å². The normalized spacial score (nSPS) is 41.7. The Kier molecular flexibility index (Phi) is 2.32. The number of hydrogen-bond donors (Lipinski definition) is 2. The molecule has 0 aromatic carbocycles. The van der Waals surface area contributed by atoms with Crippen LogP contribution < -0.4 is 11.5 Å². The molecule has 1 fully saturated rings. The van der Waals surface area contributed by atoms with Gasteiger partial charge < -0.3 is 11.5 Å². The molecule has 10 heavy (non-hydrogen) atoms. The molecule has 0 aliphatic heterocycles. The molecule has 0 spiro atoms. The van der Waals surface area contributed by atoms with Gasteiger partial charge in [-0.3, -0.25) is 0 Å². The average Bonchev–Trinajstić information content (AvgIpc) is 1.96. The number of rotatable bonds is 1. The summed E-state index contributed by atoms with van der Waals surface area (Å²) in [7, 11) is 0. The monoisotopic (exact) mass is 142 g/mol. The molecule has 2 heteroatoms. The summed E-state index contributed by atoms with van der Waals surface area (Å²) in [5, 5.41) is 0. The predicted molar refractivity (Wildman–Crippen MR) is 43.6 cm³/mol. The Balaban J connectivity index is 2.54. The van der Waals surface area contributed by atoms with Crippen molar-refractivity contribution in [1.82, 2.24) is 0 Å². The first-order chi connectivity index (χ1) is 4.69. The maximum atomic E-state index is 5.94. The highest BCUT2D eigenvalue weighted by molar-refractivity contribution is 4.89. The van der Waals surface area contributed by atoms with Gasteiger partial charge >= 0.3 is 0 Å². The quantitative estimate of drug-likeness (QED) is 0.570. The lowest BCUT2D eigenvalue weighted by molar-refractivity contribution is 0.186. The summed E-state index contributed by atoms with van der Waals surface area (Å²) < 4.78 is 0. The zero-order chi connectivity index (χ0) is 7.61. The summed E-state index contributed by atoms with van der Waals surface area (Å²) in [5.74, 6) is 0. The lowest BCUT2D eigenvalue weighted by Crippen LogP contribution is -2.46. The van der Waals surface area contributed by atoms with Gasteiger partial charge in [-0.1, -0.05) is 19.8 Å². The third kappa shape index (κ3) is 1.32. The Morgan fingerprint density at radius 3 is 2.60 bits per heavy atom. The summed E-state index contributed by atoms with van der Waals surface area (Å²) >= 11 is 0. The second kappa shape index (κ2) is 2.89. The maximum Gasteiger partial charge on any atom is 0.0105 e. The van der Waals surface area contributed by atoms with E-state index in [1.165, 1.54) is 19.3 Å². The zero-order valence-electron chi connectivity index (χ0n) is 6.77. The van der Waals surface area contributed by atoms with Gasteiger partial charge in [0.05, 0.1) is 0 Å². The SMILES string of the molecule is CC1(CN)CCCCC1N. The molecule has 0 heterocycles. The molecule has 2 unspecified atom stereocenters. The van der Waals surface area contributed by atoms with Crippen LogP contribution in [0, 0.1) is 5.41 Å². The van der Waals surface area contributed by atoms with Gasteiger partial charge in [-0.25, -0.2) is 0 Å². The van der Waals surface area contributed by atoms with Crippen LogP contribution in [0.1, 0.15) is 32.6 Å². The molecule has 0 aromatic heterocycles. The molecule has 1 aliphatic rings. The molecule has 0 bridgehead atoms. The fourth-order valence-electron chi connectivity index (χ4n) is 1.68. The fourth-order valence-corrected chi connectivity index (χ4v) is 1.68. The molecular weight excluding hydrogens is 124 g/mol. The first kappa shape index (κ1) is 8.02. The van der Waals surface area contributed by atoms with Crippen molar-refractivity contribution in [3.63, 3.8) is 0 Å². The molecule has 1 rings (SSSR count). The Morgan fingerprint density at radius 1 is 1.50 bits per heavy atom. The van der Waals surface area contributed by atoms with Crippen LogP contribution in [0.15, 0.2) is 0 Å². The second-order valence-corrected chi connectivity index (χ2v) is 3.71. The van der Waals surface area contributed by atoms with E-state index in [4.69, 9.17) is 11.5 Å². The molecule has 1 aliphatic carbocycles. The van der Waals surface area contributed by atoms with Crippen LogP contribution in [0.25, 0.3) is 0 Å². The highest BCUT2D eigenvalue weighted by Crippen LogP contribution is 2.33. The van der Waals surface area contributed by atoms with E-state index in [1.54, 1.807) is 0 Å². The smallest absolute Gasteiger partial charge is 0.0105 e. The summed E-state index contributed by atoms with van der Waals surface area (Å²) in [6.07, 6.45) is 4.97. The van der Waals surface area contributed by atoms with Crippen molar-refractivity contribution in [1.29, 1.82) is 0 Å². The van der Waals surface area contributed by atoms with Crippen LogP contribution in [-0.2, 0) is 0 Å². The van der Waals surface area contributed by atoms with Crippen LogP contribution in [0.3, 0.4) is 0 Å². The highest BCUT2D eigenvalue weighted by atomic mass is 14.7. The van der Waals surface area contributed by atoms with Crippen molar-refractivity contribution in [2.24, 2.45) is 16.9 Å². The first-order valence-corrected chi connectivity index (χ1v) is 4.15. The van der Waals surface area contributed by atoms with E-state index in [0.717, 1.165) is 13.0 Å². The molecule has 2 atom stereocenters. The van der Waals surface area contributed by atoms with Crippen LogP contribution in [0.5, 0.6) is 0 Å². The molecular formula is C8H18N2. The summed E-state index contributed by atoms with van der Waals surface area (Å²) in [6, 6.07) is 0.339. The van der Waals surface area contributed by atoms with Crippen LogP contribution in [0.4, 0.5) is 0 Å². The Bertz CT molecular complexity index is 114. The lowest BCUT2D eigenvalue weighted by atomic mass is 9.72. The average molecular weight is 142 g/mol. The molecule has 2 nitrogen and oxygen atoms in total. The summed E-state index contributed by atoms with van der Waals surface area (Å²) in [6.45, 7) is 2.95. The van der Waals surface area contributed by atoms with Crippen LogP contribution in [-0.4, -0.2) is 12.6 Å². The van der Waals surface area contributed by atoms with Gasteiger partial charge in [0.15, 0.2) is 0 Å². The standard InChI is InChI=1S/C8H18N2/c1-8(6-9)5-3-2-4-7(8)10/h7H,2-6,9-10H2,1H3. The van der Waals surface area contributed by atoms with Crippen LogP contribution >= 0.6 is 0 Å². The molecule has 4 N–H and O–H groups in total. The topological polar surface area (TPSA) is 52.0 Å². The zero-order valence-corrected chi connectivity index (χ0v) is 6.77. The second-order valence-electron chi connectivity index (χ2n) is 3.71. The van der Waals surface area contributed by atoms with E-state index in [0.29, 0.717) is 6.04 Å². The first-order valence-electron chi connectivity index (χ1n) is 4.15. The molecule has 0 saturated heterocycles. The van der Waals surface area contributed by atoms with Gasteiger partial charge in [0.25, 0.3) is 0 Å². The molecule has 0 radical (unpaired) electrons. The van der Waals surface area contributed by atoms with Crippen LogP contribution in [0.2, 0.25) is 0 Å². The van der Waals surface area contributed by atoms with E-state index in [2.05, 4.69) is 6.92 Å². The summed E-state index contributed by atoms with van der Waals surface area (Å²) in [5.41, 5.74) is 11.8. The number of nitrogens with two attached hydrogens (primary N) is 2. The van der Waals surface area contributed by atoms with Crippen molar-refractivity contribution in [2.45, 2.75) is 38.6 Å². The minimum absolute atomic E-state index is 0.234. The molecule has 60 valence electrons. The van der Waals surface area contributed by atoms with E-state index in [-0.39, 0.29) is 5.41 Å². The lowest BCUT2D eigenvalue weighted by Gasteiger charge is -2.38. The van der Waals surface area contributed by atoms with Crippen molar-refractivity contribution in [2.75, 3.05) is 6.54 Å². The van der Waals surface area contributed by atoms with Gasteiger partial charge in [-0.15, -0.1) is 0 Å². The maximum absolute atomic E-state index is 5.94. The van der Waals surface area contributed by atoms with Crippen molar-refractivity contribution in [3.8, 4) is 0 Å². The van der Waals surface area contributed by atoms with Crippen molar-refractivity contribution >= 4 is 0 Å². The minimum atomic E-state index is 0.234. The van der Waals surface area contributed by atoms with E-state index >= 15 is 0 Å².